The van der Waals surface area contributed by atoms with Crippen LogP contribution < -0.4 is 10.6 Å². The van der Waals surface area contributed by atoms with Crippen LogP contribution in [0.15, 0.2) is 18.2 Å². The molecular weight excluding hydrogens is 245 g/mol. The molecule has 2 amide bonds. The molecule has 0 aliphatic rings. The molecule has 8 heteroatoms. The summed E-state index contributed by atoms with van der Waals surface area (Å²) in [5.74, 6) is -2.13. The van der Waals surface area contributed by atoms with Gasteiger partial charge in [0.1, 0.15) is 0 Å². The van der Waals surface area contributed by atoms with Gasteiger partial charge in [-0.25, -0.2) is 0 Å². The van der Waals surface area contributed by atoms with Gasteiger partial charge in [-0.3, -0.25) is 19.7 Å². The number of hydrogen-bond donors (Lipinski definition) is 2. The lowest BCUT2D eigenvalue weighted by atomic mass is 10.2. The number of amides is 2. The topological polar surface area (TPSA) is 101 Å². The summed E-state index contributed by atoms with van der Waals surface area (Å²) in [5, 5.41) is 15.0. The summed E-state index contributed by atoms with van der Waals surface area (Å²) in [5.41, 5.74) is -0.880. The maximum atomic E-state index is 13.0. The van der Waals surface area contributed by atoms with Crippen molar-refractivity contribution in [2.75, 3.05) is 13.6 Å². The predicted molar refractivity (Wildman–Crippen MR) is 59.5 cm³/mol. The quantitative estimate of drug-likeness (QED) is 0.593. The van der Waals surface area contributed by atoms with Crippen LogP contribution in [0.1, 0.15) is 10.4 Å². The molecule has 0 spiro atoms. The molecule has 7 nitrogen and oxygen atoms in total. The number of carbonyl (C=O) groups excluding carboxylic acids is 2. The number of likely N-dealkylation sites (N-methyl/N-ethyl adjacent to an activating group) is 1. The summed E-state index contributed by atoms with van der Waals surface area (Å²) < 4.78 is 13.0. The first-order valence-electron chi connectivity index (χ1n) is 4.88. The van der Waals surface area contributed by atoms with Crippen LogP contribution in [0, 0.1) is 15.9 Å². The van der Waals surface area contributed by atoms with Gasteiger partial charge in [0, 0.05) is 18.7 Å². The molecule has 0 saturated carbocycles. The Hall–Kier alpha value is -2.51. The van der Waals surface area contributed by atoms with Crippen molar-refractivity contribution in [3.63, 3.8) is 0 Å². The Labute approximate surface area is 101 Å². The highest BCUT2D eigenvalue weighted by molar-refractivity contribution is 5.96. The molecule has 0 atom stereocenters. The number of nitrogens with zero attached hydrogens (tertiary/aromatic N) is 1. The van der Waals surface area contributed by atoms with Gasteiger partial charge in [-0.05, 0) is 12.1 Å². The van der Waals surface area contributed by atoms with Gasteiger partial charge in [0.25, 0.3) is 5.91 Å². The Balaban J connectivity index is 2.84. The standard InChI is InChI=1S/C10H10FN3O4/c1-12-9(15)5-13-10(16)6-2-3-7(11)8(4-6)14(17)18/h2-4H,5H2,1H3,(H,12,15)(H,13,16). The predicted octanol–water partition coefficient (Wildman–Crippen LogP) is 0.210. The van der Waals surface area contributed by atoms with Crippen molar-refractivity contribution in [1.29, 1.82) is 0 Å². The van der Waals surface area contributed by atoms with Crippen molar-refractivity contribution in [3.8, 4) is 0 Å². The zero-order valence-corrected chi connectivity index (χ0v) is 9.40. The molecule has 0 aliphatic carbocycles. The molecule has 2 N–H and O–H groups in total. The minimum absolute atomic E-state index is 0.0907. The van der Waals surface area contributed by atoms with Gasteiger partial charge in [0.05, 0.1) is 11.5 Å². The third-order valence-corrected chi connectivity index (χ3v) is 2.09. The molecule has 0 saturated heterocycles. The lowest BCUT2D eigenvalue weighted by molar-refractivity contribution is -0.387. The average Bonchev–Trinajstić information content (AvgIpc) is 2.35. The SMILES string of the molecule is CNC(=O)CNC(=O)c1ccc(F)c([N+](=O)[O-])c1. The molecule has 0 bridgehead atoms. The smallest absolute Gasteiger partial charge is 0.305 e. The van der Waals surface area contributed by atoms with Gasteiger partial charge in [-0.15, -0.1) is 0 Å². The first kappa shape index (κ1) is 13.6. The van der Waals surface area contributed by atoms with Crippen LogP contribution in [0.2, 0.25) is 0 Å². The molecule has 1 aromatic carbocycles. The number of halogens is 1. The summed E-state index contributed by atoms with van der Waals surface area (Å²) in [6.45, 7) is -0.263. The van der Waals surface area contributed by atoms with E-state index in [4.69, 9.17) is 0 Å². The van der Waals surface area contributed by atoms with Crippen LogP contribution in [-0.2, 0) is 4.79 Å². The third kappa shape index (κ3) is 3.24. The Morgan fingerprint density at radius 2 is 2.11 bits per heavy atom. The molecule has 0 aliphatic heterocycles. The van der Waals surface area contributed by atoms with Crippen molar-refractivity contribution in [2.45, 2.75) is 0 Å². The number of carbonyl (C=O) groups is 2. The number of nitro groups is 1. The van der Waals surface area contributed by atoms with E-state index in [0.29, 0.717) is 0 Å². The van der Waals surface area contributed by atoms with E-state index in [9.17, 15) is 24.1 Å². The lowest BCUT2D eigenvalue weighted by Crippen LogP contribution is -2.35. The summed E-state index contributed by atoms with van der Waals surface area (Å²) in [7, 11) is 1.40. The maximum Gasteiger partial charge on any atom is 0.305 e. The fourth-order valence-electron chi connectivity index (χ4n) is 1.14. The van der Waals surface area contributed by atoms with Crippen molar-refractivity contribution in [2.24, 2.45) is 0 Å². The van der Waals surface area contributed by atoms with Crippen LogP contribution in [0.3, 0.4) is 0 Å². The highest BCUT2D eigenvalue weighted by Gasteiger charge is 2.17. The maximum absolute atomic E-state index is 13.0. The molecule has 18 heavy (non-hydrogen) atoms. The minimum atomic E-state index is -1.03. The van der Waals surface area contributed by atoms with E-state index >= 15 is 0 Å². The zero-order chi connectivity index (χ0) is 13.7. The normalized spacial score (nSPS) is 9.67. The van der Waals surface area contributed by atoms with E-state index in [1.165, 1.54) is 7.05 Å². The number of hydrogen-bond acceptors (Lipinski definition) is 4. The van der Waals surface area contributed by atoms with E-state index in [0.717, 1.165) is 18.2 Å². The van der Waals surface area contributed by atoms with Gasteiger partial charge in [-0.2, -0.15) is 4.39 Å². The Morgan fingerprint density at radius 3 is 2.67 bits per heavy atom. The molecule has 0 fully saturated rings. The van der Waals surface area contributed by atoms with Crippen molar-refractivity contribution < 1.29 is 18.9 Å². The summed E-state index contributed by atoms with van der Waals surface area (Å²) in [6, 6.07) is 2.74. The summed E-state index contributed by atoms with van der Waals surface area (Å²) in [6.07, 6.45) is 0. The van der Waals surface area contributed by atoms with E-state index in [1.807, 2.05) is 0 Å². The second kappa shape index (κ2) is 5.71. The van der Waals surface area contributed by atoms with Crippen LogP contribution in [-0.4, -0.2) is 30.3 Å². The van der Waals surface area contributed by atoms with Gasteiger partial charge < -0.3 is 10.6 Å². The molecule has 0 radical (unpaired) electrons. The van der Waals surface area contributed by atoms with Crippen LogP contribution in [0.5, 0.6) is 0 Å². The summed E-state index contributed by atoms with van der Waals surface area (Å²) >= 11 is 0. The first-order valence-corrected chi connectivity index (χ1v) is 4.88. The highest BCUT2D eigenvalue weighted by Crippen LogP contribution is 2.18. The van der Waals surface area contributed by atoms with Crippen molar-refractivity contribution in [1.82, 2.24) is 10.6 Å². The second-order valence-electron chi connectivity index (χ2n) is 3.28. The zero-order valence-electron chi connectivity index (χ0n) is 9.40. The number of nitro benzene ring substituents is 1. The number of nitrogens with one attached hydrogen (secondary N) is 2. The van der Waals surface area contributed by atoms with Gasteiger partial charge in [-0.1, -0.05) is 0 Å². The third-order valence-electron chi connectivity index (χ3n) is 2.09. The fourth-order valence-corrected chi connectivity index (χ4v) is 1.14. The van der Waals surface area contributed by atoms with Crippen LogP contribution in [0.4, 0.5) is 10.1 Å². The first-order chi connectivity index (χ1) is 8.45. The number of rotatable bonds is 4. The molecule has 0 unspecified atom stereocenters. The van der Waals surface area contributed by atoms with Crippen molar-refractivity contribution in [3.05, 3.63) is 39.7 Å². The van der Waals surface area contributed by atoms with Crippen LogP contribution in [0.25, 0.3) is 0 Å². The Kier molecular flexibility index (Phi) is 4.30. The van der Waals surface area contributed by atoms with E-state index in [2.05, 4.69) is 10.6 Å². The van der Waals surface area contributed by atoms with Gasteiger partial charge >= 0.3 is 5.69 Å². The molecule has 0 aromatic heterocycles. The molecular formula is C10H10FN3O4. The van der Waals surface area contributed by atoms with Crippen LogP contribution >= 0.6 is 0 Å². The fraction of sp³-hybridized carbons (Fsp3) is 0.200. The summed E-state index contributed by atoms with van der Waals surface area (Å²) in [4.78, 5) is 32.0. The minimum Gasteiger partial charge on any atom is -0.358 e. The lowest BCUT2D eigenvalue weighted by Gasteiger charge is -2.04. The van der Waals surface area contributed by atoms with E-state index < -0.39 is 28.2 Å². The Bertz CT molecular complexity index is 504. The molecule has 1 rings (SSSR count). The number of benzene rings is 1. The molecule has 1 aromatic rings. The highest BCUT2D eigenvalue weighted by atomic mass is 19.1. The van der Waals surface area contributed by atoms with Gasteiger partial charge in [0.15, 0.2) is 0 Å². The monoisotopic (exact) mass is 255 g/mol. The largest absolute Gasteiger partial charge is 0.358 e. The van der Waals surface area contributed by atoms with Crippen molar-refractivity contribution >= 4 is 17.5 Å². The second-order valence-corrected chi connectivity index (χ2v) is 3.28. The molecule has 0 heterocycles. The van der Waals surface area contributed by atoms with Gasteiger partial charge in [0.2, 0.25) is 11.7 Å². The van der Waals surface area contributed by atoms with E-state index in [1.54, 1.807) is 0 Å². The molecule has 96 valence electrons. The van der Waals surface area contributed by atoms with E-state index in [-0.39, 0.29) is 12.1 Å². The average molecular weight is 255 g/mol. The Morgan fingerprint density at radius 1 is 1.44 bits per heavy atom.